The van der Waals surface area contributed by atoms with Crippen LogP contribution in [0.25, 0.3) is 0 Å². The fraction of sp³-hybridized carbons (Fsp3) is 0.917. The molecule has 0 aromatic heterocycles. The van der Waals surface area contributed by atoms with Crippen LogP contribution in [0.5, 0.6) is 0 Å². The van der Waals surface area contributed by atoms with Crippen LogP contribution in [0.4, 0.5) is 0 Å². The van der Waals surface area contributed by atoms with Gasteiger partial charge in [0.15, 0.2) is 5.79 Å². The summed E-state index contributed by atoms with van der Waals surface area (Å²) in [4.78, 5) is 11.2. The molecule has 1 aliphatic carbocycles. The van der Waals surface area contributed by atoms with Crippen LogP contribution < -0.4 is 5.32 Å². The molecule has 0 aromatic rings. The smallest absolute Gasteiger partial charge is 0.217 e. The van der Waals surface area contributed by atoms with Crippen LogP contribution in [0.15, 0.2) is 0 Å². The van der Waals surface area contributed by atoms with Crippen molar-refractivity contribution in [2.24, 2.45) is 5.92 Å². The Bertz CT molecular complexity index is 318. The second-order valence-electron chi connectivity index (χ2n) is 5.35. The Morgan fingerprint density at radius 3 is 2.41 bits per heavy atom. The monoisotopic (exact) mass is 243 g/mol. The first-order valence-corrected chi connectivity index (χ1v) is 6.01. The minimum Gasteiger partial charge on any atom is -0.376 e. The molecule has 1 saturated heterocycles. The van der Waals surface area contributed by atoms with Gasteiger partial charge in [-0.2, -0.15) is 0 Å². The van der Waals surface area contributed by atoms with Crippen LogP contribution in [0.3, 0.4) is 0 Å². The third-order valence-electron chi connectivity index (χ3n) is 3.57. The molecule has 98 valence electrons. The summed E-state index contributed by atoms with van der Waals surface area (Å²) in [6, 6.07) is -0.0522. The Kier molecular flexibility index (Phi) is 3.18. The van der Waals surface area contributed by atoms with Gasteiger partial charge in [0.1, 0.15) is 12.2 Å². The van der Waals surface area contributed by atoms with Gasteiger partial charge >= 0.3 is 0 Å². The predicted molar refractivity (Wildman–Crippen MR) is 61.4 cm³/mol. The molecule has 0 unspecified atom stereocenters. The molecule has 1 saturated carbocycles. The first kappa shape index (κ1) is 12.8. The van der Waals surface area contributed by atoms with Crippen molar-refractivity contribution < 1.29 is 19.0 Å². The minimum absolute atomic E-state index is 0.0215. The van der Waals surface area contributed by atoms with Crippen LogP contribution in [-0.4, -0.2) is 43.2 Å². The fourth-order valence-corrected chi connectivity index (χ4v) is 2.91. The van der Waals surface area contributed by atoms with E-state index in [1.54, 1.807) is 7.11 Å². The van der Waals surface area contributed by atoms with E-state index in [0.717, 1.165) is 0 Å². The van der Waals surface area contributed by atoms with E-state index in [1.807, 2.05) is 13.8 Å². The van der Waals surface area contributed by atoms with Crippen molar-refractivity contribution in [2.45, 2.75) is 57.8 Å². The maximum absolute atomic E-state index is 11.2. The molecular formula is C12H21NO4. The molecule has 1 aliphatic heterocycles. The zero-order valence-electron chi connectivity index (χ0n) is 11.0. The second-order valence-corrected chi connectivity index (χ2v) is 5.35. The molecular weight excluding hydrogens is 222 g/mol. The number of amides is 1. The minimum atomic E-state index is -0.568. The van der Waals surface area contributed by atoms with Crippen LogP contribution in [-0.2, 0) is 19.0 Å². The van der Waals surface area contributed by atoms with Crippen molar-refractivity contribution in [2.75, 3.05) is 7.11 Å². The summed E-state index contributed by atoms with van der Waals surface area (Å²) in [5.74, 6) is -0.444. The van der Waals surface area contributed by atoms with Crippen molar-refractivity contribution in [1.29, 1.82) is 0 Å². The van der Waals surface area contributed by atoms with Crippen molar-refractivity contribution in [3.63, 3.8) is 0 Å². The van der Waals surface area contributed by atoms with E-state index in [4.69, 9.17) is 14.2 Å². The second kappa shape index (κ2) is 4.23. The Morgan fingerprint density at radius 1 is 1.29 bits per heavy atom. The molecule has 2 rings (SSSR count). The standard InChI is InChI=1S/C12H21NO4/c1-6-8(13-7(2)14)10(15-5)11-9(6)16-12(3,4)17-11/h6,8-11H,1-5H3,(H,13,14)/t6-,8-,9+,10+,11+/m1/s1. The summed E-state index contributed by atoms with van der Waals surface area (Å²) in [6.07, 6.45) is -0.283. The number of hydrogen-bond donors (Lipinski definition) is 1. The SMILES string of the molecule is CO[C@H]1[C@H](NC(C)=O)[C@@H](C)[C@@H]2OC(C)(C)O[C@@H]21. The van der Waals surface area contributed by atoms with Crippen molar-refractivity contribution >= 4 is 5.91 Å². The number of rotatable bonds is 2. The molecule has 5 heteroatoms. The van der Waals surface area contributed by atoms with Crippen molar-refractivity contribution in [1.82, 2.24) is 5.32 Å². The lowest BCUT2D eigenvalue weighted by Crippen LogP contribution is -2.47. The molecule has 2 fully saturated rings. The maximum atomic E-state index is 11.2. The molecule has 0 bridgehead atoms. The van der Waals surface area contributed by atoms with Gasteiger partial charge in [0.2, 0.25) is 5.91 Å². The van der Waals surface area contributed by atoms with Gasteiger partial charge in [-0.3, -0.25) is 4.79 Å². The van der Waals surface area contributed by atoms with E-state index >= 15 is 0 Å². The third-order valence-corrected chi connectivity index (χ3v) is 3.57. The maximum Gasteiger partial charge on any atom is 0.217 e. The van der Waals surface area contributed by atoms with Crippen LogP contribution in [0.1, 0.15) is 27.7 Å². The Labute approximate surface area is 102 Å². The molecule has 0 radical (unpaired) electrons. The van der Waals surface area contributed by atoms with Gasteiger partial charge in [-0.1, -0.05) is 6.92 Å². The third kappa shape index (κ3) is 2.19. The molecule has 1 N–H and O–H groups in total. The van der Waals surface area contributed by atoms with Gasteiger partial charge < -0.3 is 19.5 Å². The lowest BCUT2D eigenvalue weighted by atomic mass is 10.0. The summed E-state index contributed by atoms with van der Waals surface area (Å²) >= 11 is 0. The number of nitrogens with one attached hydrogen (secondary N) is 1. The molecule has 1 amide bonds. The van der Waals surface area contributed by atoms with Gasteiger partial charge in [-0.25, -0.2) is 0 Å². The summed E-state index contributed by atoms with van der Waals surface area (Å²) in [5, 5.41) is 2.92. The fourth-order valence-electron chi connectivity index (χ4n) is 2.91. The highest BCUT2D eigenvalue weighted by atomic mass is 16.8. The molecule has 5 nitrogen and oxygen atoms in total. The number of fused-ring (bicyclic) bond motifs is 1. The normalized spacial score (nSPS) is 43.5. The van der Waals surface area contributed by atoms with Gasteiger partial charge in [0.25, 0.3) is 0 Å². The van der Waals surface area contributed by atoms with E-state index in [0.29, 0.717) is 0 Å². The first-order chi connectivity index (χ1) is 7.85. The number of hydrogen-bond acceptors (Lipinski definition) is 4. The summed E-state index contributed by atoms with van der Waals surface area (Å²) < 4.78 is 17.2. The van der Waals surface area contributed by atoms with Gasteiger partial charge in [0.05, 0.1) is 12.1 Å². The van der Waals surface area contributed by atoms with Crippen LogP contribution in [0, 0.1) is 5.92 Å². The summed E-state index contributed by atoms with van der Waals surface area (Å²) in [7, 11) is 1.64. The van der Waals surface area contributed by atoms with Crippen molar-refractivity contribution in [3.8, 4) is 0 Å². The zero-order chi connectivity index (χ0) is 12.8. The molecule has 1 heterocycles. The average Bonchev–Trinajstić information content (AvgIpc) is 2.62. The highest BCUT2D eigenvalue weighted by molar-refractivity contribution is 5.73. The number of ether oxygens (including phenoxy) is 3. The quantitative estimate of drug-likeness (QED) is 0.774. The number of carbonyl (C=O) groups excluding carboxylic acids is 1. The van der Waals surface area contributed by atoms with E-state index in [9.17, 15) is 4.79 Å². The highest BCUT2D eigenvalue weighted by Crippen LogP contribution is 2.42. The molecule has 0 spiro atoms. The summed E-state index contributed by atoms with van der Waals surface area (Å²) in [6.45, 7) is 7.37. The first-order valence-electron chi connectivity index (χ1n) is 6.01. The van der Waals surface area contributed by atoms with Crippen molar-refractivity contribution in [3.05, 3.63) is 0 Å². The highest BCUT2D eigenvalue weighted by Gasteiger charge is 2.57. The Morgan fingerprint density at radius 2 is 1.88 bits per heavy atom. The lowest BCUT2D eigenvalue weighted by Gasteiger charge is -2.28. The van der Waals surface area contributed by atoms with Gasteiger partial charge in [0, 0.05) is 20.0 Å². The molecule has 5 atom stereocenters. The van der Waals surface area contributed by atoms with E-state index in [1.165, 1.54) is 6.92 Å². The van der Waals surface area contributed by atoms with Gasteiger partial charge in [-0.05, 0) is 13.8 Å². The van der Waals surface area contributed by atoms with E-state index in [2.05, 4.69) is 12.2 Å². The number of methoxy groups -OCH3 is 1. The molecule has 17 heavy (non-hydrogen) atoms. The Balaban J connectivity index is 2.17. The van der Waals surface area contributed by atoms with E-state index in [-0.39, 0.29) is 36.2 Å². The predicted octanol–water partition coefficient (Wildman–Crippen LogP) is 0.676. The topological polar surface area (TPSA) is 56.8 Å². The van der Waals surface area contributed by atoms with Crippen LogP contribution in [0.2, 0.25) is 0 Å². The van der Waals surface area contributed by atoms with Gasteiger partial charge in [-0.15, -0.1) is 0 Å². The Hall–Kier alpha value is -0.650. The number of carbonyl (C=O) groups is 1. The summed E-state index contributed by atoms with van der Waals surface area (Å²) in [5.41, 5.74) is 0. The molecule has 2 aliphatic rings. The van der Waals surface area contributed by atoms with E-state index < -0.39 is 5.79 Å². The average molecular weight is 243 g/mol. The molecule has 0 aromatic carbocycles. The zero-order valence-corrected chi connectivity index (χ0v) is 11.0. The van der Waals surface area contributed by atoms with Crippen LogP contribution >= 0.6 is 0 Å². The largest absolute Gasteiger partial charge is 0.376 e. The lowest BCUT2D eigenvalue weighted by molar-refractivity contribution is -0.172.